The van der Waals surface area contributed by atoms with E-state index < -0.39 is 46.8 Å². The summed E-state index contributed by atoms with van der Waals surface area (Å²) in [5, 5.41) is 25.8. The average Bonchev–Trinajstić information content (AvgIpc) is 3.99. The number of hydrogen-bond acceptors (Lipinski definition) is 11. The second-order valence-electron chi connectivity index (χ2n) is 18.8. The first-order valence-corrected chi connectivity index (χ1v) is 24.5. The first kappa shape index (κ1) is 51.6. The van der Waals surface area contributed by atoms with E-state index in [9.17, 15) is 29.5 Å². The number of carbonyl (C=O) groups is 4. The maximum atomic E-state index is 15.9. The van der Waals surface area contributed by atoms with Crippen LogP contribution in [0.2, 0.25) is 5.02 Å². The molecule has 4 amide bonds. The zero-order valence-electron chi connectivity index (χ0n) is 39.8. The van der Waals surface area contributed by atoms with E-state index in [1.807, 2.05) is 70.2 Å². The molecular weight excluding hydrogens is 953 g/mol. The number of likely N-dealkylation sites (tertiary alicyclic amines) is 1. The van der Waals surface area contributed by atoms with Gasteiger partial charge in [-0.05, 0) is 116 Å². The number of rotatable bonds is 17. The van der Waals surface area contributed by atoms with Gasteiger partial charge in [-0.3, -0.25) is 24.1 Å². The van der Waals surface area contributed by atoms with Crippen LogP contribution in [0.3, 0.4) is 0 Å². The topological polar surface area (TPSA) is 177 Å². The number of unbranched alkanes of at least 4 members (excludes halogenated alkanes) is 1. The van der Waals surface area contributed by atoms with Gasteiger partial charge in [-0.1, -0.05) is 74.8 Å². The van der Waals surface area contributed by atoms with Crippen LogP contribution in [0, 0.1) is 29.5 Å². The summed E-state index contributed by atoms with van der Waals surface area (Å²) in [5.74, 6) is -1.65. The smallest absolute Gasteiger partial charge is 0.259 e. The third-order valence-corrected chi connectivity index (χ3v) is 13.9. The fourth-order valence-electron chi connectivity index (χ4n) is 8.42. The highest BCUT2D eigenvalue weighted by molar-refractivity contribution is 7.81. The van der Waals surface area contributed by atoms with Gasteiger partial charge in [-0.15, -0.1) is 11.3 Å². The van der Waals surface area contributed by atoms with Crippen LogP contribution < -0.4 is 25.2 Å². The van der Waals surface area contributed by atoms with Crippen LogP contribution >= 0.6 is 35.2 Å². The number of hydrogen-bond donors (Lipinski definition) is 3. The summed E-state index contributed by atoms with van der Waals surface area (Å²) in [6, 6.07) is 24.5. The van der Waals surface area contributed by atoms with Gasteiger partial charge in [0.15, 0.2) is 5.11 Å². The van der Waals surface area contributed by atoms with Crippen LogP contribution in [-0.2, 0) is 30.5 Å². The maximum absolute atomic E-state index is 15.9. The Kier molecular flexibility index (Phi) is 16.0. The molecule has 1 unspecified atom stereocenters. The summed E-state index contributed by atoms with van der Waals surface area (Å²) in [6.07, 6.45) is 0.423. The first-order chi connectivity index (χ1) is 33.3. The number of aromatic nitrogens is 1. The molecule has 2 aliphatic heterocycles. The normalized spacial score (nSPS) is 17.1. The molecule has 2 aliphatic rings. The lowest BCUT2D eigenvalue weighted by Gasteiger charge is -2.35. The summed E-state index contributed by atoms with van der Waals surface area (Å²) in [5.41, 5.74) is 4.86. The molecule has 5 aromatic rings. The molecule has 0 saturated carbocycles. The Bertz CT molecular complexity index is 2810. The van der Waals surface area contributed by atoms with Crippen molar-refractivity contribution in [1.82, 2.24) is 20.5 Å². The summed E-state index contributed by atoms with van der Waals surface area (Å²) in [7, 11) is 0. The van der Waals surface area contributed by atoms with Crippen molar-refractivity contribution >= 4 is 75.3 Å². The number of halogens is 2. The predicted octanol–water partition coefficient (Wildman–Crippen LogP) is 8.35. The molecule has 0 bridgehead atoms. The highest BCUT2D eigenvalue weighted by atomic mass is 35.5. The number of nitriles is 1. The molecule has 7 rings (SSSR count). The van der Waals surface area contributed by atoms with Crippen LogP contribution in [0.1, 0.15) is 70.7 Å². The molecule has 0 aliphatic carbocycles. The lowest BCUT2D eigenvalue weighted by Crippen LogP contribution is -2.58. The van der Waals surface area contributed by atoms with Gasteiger partial charge in [0.05, 0.1) is 50.8 Å². The molecule has 1 aromatic heterocycles. The quantitative estimate of drug-likeness (QED) is 0.0603. The van der Waals surface area contributed by atoms with Crippen molar-refractivity contribution in [2.45, 2.75) is 91.1 Å². The monoisotopic (exact) mass is 1010 g/mol. The Morgan fingerprint density at radius 1 is 1.01 bits per heavy atom. The summed E-state index contributed by atoms with van der Waals surface area (Å²) in [4.78, 5) is 63.7. The Balaban J connectivity index is 0.843. The number of aliphatic hydroxyl groups excluding tert-OH is 1. The number of β-amino-alcohol motifs (C(OH)–C–C–N with tert-alkyl or cyclic N) is 1. The van der Waals surface area contributed by atoms with Gasteiger partial charge in [-0.25, -0.2) is 9.37 Å². The second kappa shape index (κ2) is 21.8. The Morgan fingerprint density at radius 2 is 1.70 bits per heavy atom. The number of nitrogens with one attached hydrogen (secondary N) is 2. The molecule has 2 saturated heterocycles. The summed E-state index contributed by atoms with van der Waals surface area (Å²) in [6.45, 7) is 11.3. The lowest BCUT2D eigenvalue weighted by molar-refractivity contribution is -0.144. The van der Waals surface area contributed by atoms with E-state index in [2.05, 4.69) is 15.6 Å². The molecule has 0 radical (unpaired) electrons. The van der Waals surface area contributed by atoms with Gasteiger partial charge in [0.2, 0.25) is 17.7 Å². The minimum Gasteiger partial charge on any atom is -0.494 e. The number of anilines is 2. The molecule has 14 nitrogen and oxygen atoms in total. The molecule has 18 heteroatoms. The van der Waals surface area contributed by atoms with Gasteiger partial charge in [-0.2, -0.15) is 5.26 Å². The van der Waals surface area contributed by atoms with Crippen molar-refractivity contribution in [2.75, 3.05) is 36.2 Å². The van der Waals surface area contributed by atoms with Gasteiger partial charge < -0.3 is 35.0 Å². The molecule has 0 spiro atoms. The molecule has 4 aromatic carbocycles. The van der Waals surface area contributed by atoms with E-state index in [-0.39, 0.29) is 65.9 Å². The molecule has 2 fully saturated rings. The van der Waals surface area contributed by atoms with Crippen molar-refractivity contribution in [3.8, 4) is 33.4 Å². The van der Waals surface area contributed by atoms with Gasteiger partial charge >= 0.3 is 0 Å². The maximum Gasteiger partial charge on any atom is 0.259 e. The minimum atomic E-state index is -1.22. The SMILES string of the molecule is Cc1ncsc1-c1ccc(CNC(=O)[C@@H]2C[C@@H](O)CN2C(=O)C(NC(=O)COCCCCOc2ccc(-c3ccc(N4C(=S)N(c5ccc(C#N)c(Cl)c5)C(=O)C4(C)C)c(F)c3)cc2)C(C)(C)C)cc1. The number of amides is 4. The van der Waals surface area contributed by atoms with E-state index >= 15 is 4.39 Å². The third-order valence-electron chi connectivity index (χ3n) is 12.3. The van der Waals surface area contributed by atoms with E-state index in [4.69, 9.17) is 33.3 Å². The molecule has 3 N–H and O–H groups in total. The van der Waals surface area contributed by atoms with Gasteiger partial charge in [0, 0.05) is 26.1 Å². The predicted molar refractivity (Wildman–Crippen MR) is 272 cm³/mol. The number of ether oxygens (including phenoxy) is 2. The number of thiocarbonyl (C=S) groups is 1. The average molecular weight is 1010 g/mol. The fraction of sp³-hybridized carbons (Fsp3) is 0.365. The van der Waals surface area contributed by atoms with E-state index in [0.717, 1.165) is 27.3 Å². The number of benzene rings is 4. The van der Waals surface area contributed by atoms with Crippen LogP contribution in [0.25, 0.3) is 21.6 Å². The van der Waals surface area contributed by atoms with Crippen LogP contribution in [0.15, 0.2) is 90.4 Å². The third kappa shape index (κ3) is 11.5. The van der Waals surface area contributed by atoms with Crippen molar-refractivity contribution in [2.24, 2.45) is 5.41 Å². The highest BCUT2D eigenvalue weighted by Gasteiger charge is 2.51. The zero-order valence-corrected chi connectivity index (χ0v) is 42.1. The van der Waals surface area contributed by atoms with Crippen LogP contribution in [0.4, 0.5) is 15.8 Å². The number of aliphatic hydroxyl groups is 1. The number of carbonyl (C=O) groups excluding carboxylic acids is 4. The van der Waals surface area contributed by atoms with Crippen LogP contribution in [0.5, 0.6) is 5.75 Å². The van der Waals surface area contributed by atoms with Gasteiger partial charge in [0.25, 0.3) is 5.91 Å². The molecule has 3 heterocycles. The van der Waals surface area contributed by atoms with Crippen LogP contribution in [-0.4, -0.2) is 93.8 Å². The van der Waals surface area contributed by atoms with Gasteiger partial charge in [0.1, 0.15) is 41.9 Å². The van der Waals surface area contributed by atoms with Crippen molar-refractivity contribution in [1.29, 1.82) is 5.26 Å². The number of aryl methyl sites for hydroxylation is 1. The summed E-state index contributed by atoms with van der Waals surface area (Å²) >= 11 is 13.5. The Labute approximate surface area is 421 Å². The minimum absolute atomic E-state index is 0.0300. The van der Waals surface area contributed by atoms with E-state index in [1.54, 1.807) is 61.0 Å². The number of thiazole rings is 1. The van der Waals surface area contributed by atoms with E-state index in [0.29, 0.717) is 36.4 Å². The standard InChI is InChI=1S/C52H55ClFN7O7S2/c1-31-45(70-30-57-31)34-11-9-32(10-12-34)27-56-47(64)43-25-38(62)28-59(43)48(65)46(51(2,3)4)58-44(63)29-67-21-7-8-22-68-39-18-14-33(15-19-39)35-16-20-42(41(54)23-35)61-50(69)60(49(66)52(61,5)6)37-17-13-36(26-55)40(53)24-37/h9-20,23-24,30,38,43,46,62H,7-8,21-22,25,27-29H2,1-6H3,(H,56,64)(H,58,63)/t38-,43+,46?/m1/s1. The fourth-order valence-corrected chi connectivity index (χ4v) is 9.96. The largest absolute Gasteiger partial charge is 0.494 e. The van der Waals surface area contributed by atoms with Crippen molar-refractivity contribution < 1.29 is 38.1 Å². The summed E-state index contributed by atoms with van der Waals surface area (Å²) < 4.78 is 27.5. The molecule has 366 valence electrons. The van der Waals surface area contributed by atoms with Crippen molar-refractivity contribution in [3.63, 3.8) is 0 Å². The zero-order chi connectivity index (χ0) is 50.5. The Morgan fingerprint density at radius 3 is 2.34 bits per heavy atom. The van der Waals surface area contributed by atoms with Crippen molar-refractivity contribution in [3.05, 3.63) is 118 Å². The molecule has 70 heavy (non-hydrogen) atoms. The highest BCUT2D eigenvalue weighted by Crippen LogP contribution is 2.40. The molecular formula is C52H55ClFN7O7S2. The number of nitrogens with zero attached hydrogens (tertiary/aromatic N) is 5. The first-order valence-electron chi connectivity index (χ1n) is 22.8. The van der Waals surface area contributed by atoms with E-state index in [1.165, 1.54) is 32.9 Å². The lowest BCUT2D eigenvalue weighted by atomic mass is 9.85. The molecule has 3 atom stereocenters. The second-order valence-corrected chi connectivity index (χ2v) is 20.5. The Hall–Kier alpha value is -6.29.